The van der Waals surface area contributed by atoms with Gasteiger partial charge in [0.25, 0.3) is 5.91 Å². The van der Waals surface area contributed by atoms with Crippen LogP contribution in [0.15, 0.2) is 75.3 Å². The van der Waals surface area contributed by atoms with E-state index in [4.69, 9.17) is 13.9 Å². The van der Waals surface area contributed by atoms with Gasteiger partial charge < -0.3 is 13.9 Å². The van der Waals surface area contributed by atoms with E-state index in [0.717, 1.165) is 0 Å². The minimum atomic E-state index is -3.70. The van der Waals surface area contributed by atoms with E-state index in [0.29, 0.717) is 18.7 Å². The quantitative estimate of drug-likeness (QED) is 0.196. The van der Waals surface area contributed by atoms with Gasteiger partial charge in [-0.2, -0.15) is 9.41 Å². The molecule has 3 aromatic rings. The number of nitrogens with one attached hydrogen (secondary N) is 1. The molecular formula is C24H25N3O7S. The Labute approximate surface area is 203 Å². The number of benzene rings is 2. The molecule has 3 rings (SSSR count). The van der Waals surface area contributed by atoms with E-state index in [1.807, 2.05) is 0 Å². The number of esters is 1. The maximum Gasteiger partial charge on any atom is 0.379 e. The fourth-order valence-electron chi connectivity index (χ4n) is 3.13. The molecule has 35 heavy (non-hydrogen) atoms. The molecule has 1 heterocycles. The Balaban J connectivity index is 1.69. The summed E-state index contributed by atoms with van der Waals surface area (Å²) in [5.41, 5.74) is 3.07. The molecule has 0 spiro atoms. The summed E-state index contributed by atoms with van der Waals surface area (Å²) in [4.78, 5) is 24.6. The van der Waals surface area contributed by atoms with Gasteiger partial charge in [-0.15, -0.1) is 0 Å². The summed E-state index contributed by atoms with van der Waals surface area (Å²) in [6.07, 6.45) is 2.73. The lowest BCUT2D eigenvalue weighted by molar-refractivity contribution is 0.0696. The average molecular weight is 500 g/mol. The summed E-state index contributed by atoms with van der Waals surface area (Å²) in [6, 6.07) is 13.5. The van der Waals surface area contributed by atoms with Gasteiger partial charge in [0, 0.05) is 18.7 Å². The van der Waals surface area contributed by atoms with Crippen molar-refractivity contribution in [1.82, 2.24) is 9.73 Å². The maximum absolute atomic E-state index is 12.7. The second kappa shape index (κ2) is 11.4. The summed E-state index contributed by atoms with van der Waals surface area (Å²) >= 11 is 0. The predicted octanol–water partition coefficient (Wildman–Crippen LogP) is 3.30. The second-order valence-corrected chi connectivity index (χ2v) is 9.03. The van der Waals surface area contributed by atoms with Crippen molar-refractivity contribution in [3.8, 4) is 11.5 Å². The number of rotatable bonds is 10. The van der Waals surface area contributed by atoms with Crippen molar-refractivity contribution in [2.75, 3.05) is 20.2 Å². The van der Waals surface area contributed by atoms with Gasteiger partial charge >= 0.3 is 5.97 Å². The summed E-state index contributed by atoms with van der Waals surface area (Å²) in [6.45, 7) is 4.14. The SMILES string of the molecule is CCN(CC)S(=O)(=O)c1cccc(C(=O)NN=Cc2ccc(OC(=O)c3ccco3)c(OC)c2)c1. The molecule has 2 aromatic carbocycles. The van der Waals surface area contributed by atoms with Crippen molar-refractivity contribution in [3.05, 3.63) is 77.7 Å². The summed E-state index contributed by atoms with van der Waals surface area (Å²) in [7, 11) is -2.28. The first-order valence-electron chi connectivity index (χ1n) is 10.7. The number of hydrazone groups is 1. The van der Waals surface area contributed by atoms with Crippen molar-refractivity contribution in [2.24, 2.45) is 5.10 Å². The van der Waals surface area contributed by atoms with Crippen LogP contribution in [0.3, 0.4) is 0 Å². The number of ether oxygens (including phenoxy) is 2. The standard InChI is InChI=1S/C24H25N3O7S/c1-4-27(5-2)35(30,31)19-9-6-8-18(15-19)23(28)26-25-16-17-11-12-20(22(14-17)32-3)34-24(29)21-10-7-13-33-21/h6-16H,4-5H2,1-3H3,(H,26,28). The molecule has 0 fully saturated rings. The van der Waals surface area contributed by atoms with Gasteiger partial charge in [-0.3, -0.25) is 4.79 Å². The van der Waals surface area contributed by atoms with E-state index in [9.17, 15) is 18.0 Å². The Bertz CT molecular complexity index is 1310. The van der Waals surface area contributed by atoms with Crippen LogP contribution in [0.5, 0.6) is 11.5 Å². The third-order valence-electron chi connectivity index (χ3n) is 4.93. The van der Waals surface area contributed by atoms with E-state index < -0.39 is 21.9 Å². The van der Waals surface area contributed by atoms with Gasteiger partial charge in [0.2, 0.25) is 15.8 Å². The van der Waals surface area contributed by atoms with Gasteiger partial charge in [0.15, 0.2) is 11.5 Å². The Morgan fingerprint density at radius 1 is 1.06 bits per heavy atom. The van der Waals surface area contributed by atoms with Crippen molar-refractivity contribution in [1.29, 1.82) is 0 Å². The van der Waals surface area contributed by atoms with Crippen LogP contribution in [-0.4, -0.2) is 51.0 Å². The van der Waals surface area contributed by atoms with Crippen LogP contribution in [0.1, 0.15) is 40.3 Å². The molecule has 1 N–H and O–H groups in total. The molecule has 0 saturated heterocycles. The fourth-order valence-corrected chi connectivity index (χ4v) is 4.64. The highest BCUT2D eigenvalue weighted by Gasteiger charge is 2.22. The fraction of sp³-hybridized carbons (Fsp3) is 0.208. The molecule has 184 valence electrons. The Kier molecular flexibility index (Phi) is 8.39. The molecule has 0 radical (unpaired) electrons. The van der Waals surface area contributed by atoms with Crippen LogP contribution >= 0.6 is 0 Å². The Morgan fingerprint density at radius 3 is 2.49 bits per heavy atom. The zero-order chi connectivity index (χ0) is 25.4. The highest BCUT2D eigenvalue weighted by molar-refractivity contribution is 7.89. The lowest BCUT2D eigenvalue weighted by atomic mass is 10.2. The third-order valence-corrected chi connectivity index (χ3v) is 6.98. The lowest BCUT2D eigenvalue weighted by Gasteiger charge is -2.18. The van der Waals surface area contributed by atoms with Crippen molar-refractivity contribution < 1.29 is 31.9 Å². The number of hydrogen-bond donors (Lipinski definition) is 1. The first kappa shape index (κ1) is 25.7. The van der Waals surface area contributed by atoms with Gasteiger partial charge in [0.1, 0.15) is 0 Å². The van der Waals surface area contributed by atoms with E-state index in [2.05, 4.69) is 10.5 Å². The monoisotopic (exact) mass is 499 g/mol. The molecule has 0 bridgehead atoms. The minimum absolute atomic E-state index is 0.0299. The number of sulfonamides is 1. The maximum atomic E-state index is 12.7. The number of carbonyl (C=O) groups excluding carboxylic acids is 2. The molecule has 1 aromatic heterocycles. The second-order valence-electron chi connectivity index (χ2n) is 7.09. The molecule has 0 aliphatic carbocycles. The van der Waals surface area contributed by atoms with Crippen LogP contribution in [-0.2, 0) is 10.0 Å². The van der Waals surface area contributed by atoms with E-state index in [1.54, 1.807) is 32.0 Å². The van der Waals surface area contributed by atoms with Crippen molar-refractivity contribution >= 4 is 28.1 Å². The topological polar surface area (TPSA) is 128 Å². The summed E-state index contributed by atoms with van der Waals surface area (Å²) < 4.78 is 42.3. The van der Waals surface area contributed by atoms with E-state index >= 15 is 0 Å². The van der Waals surface area contributed by atoms with Crippen molar-refractivity contribution in [3.63, 3.8) is 0 Å². The normalized spacial score (nSPS) is 11.5. The number of furan rings is 1. The highest BCUT2D eigenvalue weighted by Crippen LogP contribution is 2.28. The van der Waals surface area contributed by atoms with Gasteiger partial charge in [-0.05, 0) is 54.1 Å². The first-order valence-corrected chi connectivity index (χ1v) is 12.1. The largest absolute Gasteiger partial charge is 0.493 e. The molecule has 0 atom stereocenters. The van der Waals surface area contributed by atoms with Gasteiger partial charge in [-0.25, -0.2) is 18.6 Å². The number of hydrogen-bond acceptors (Lipinski definition) is 8. The van der Waals surface area contributed by atoms with E-state index in [-0.39, 0.29) is 27.7 Å². The predicted molar refractivity (Wildman–Crippen MR) is 128 cm³/mol. The minimum Gasteiger partial charge on any atom is -0.493 e. The number of amides is 1. The number of nitrogens with zero attached hydrogens (tertiary/aromatic N) is 2. The number of methoxy groups -OCH3 is 1. The molecular weight excluding hydrogens is 474 g/mol. The van der Waals surface area contributed by atoms with Crippen LogP contribution < -0.4 is 14.9 Å². The smallest absolute Gasteiger partial charge is 0.379 e. The molecule has 1 amide bonds. The highest BCUT2D eigenvalue weighted by atomic mass is 32.2. The molecule has 0 aliphatic rings. The Hall–Kier alpha value is -3.96. The lowest BCUT2D eigenvalue weighted by Crippen LogP contribution is -2.30. The van der Waals surface area contributed by atoms with Gasteiger partial charge in [-0.1, -0.05) is 19.9 Å². The molecule has 0 saturated carbocycles. The average Bonchev–Trinajstić information content (AvgIpc) is 3.41. The summed E-state index contributed by atoms with van der Waals surface area (Å²) in [5.74, 6) is -0.744. The zero-order valence-electron chi connectivity index (χ0n) is 19.4. The van der Waals surface area contributed by atoms with Crippen molar-refractivity contribution in [2.45, 2.75) is 18.7 Å². The van der Waals surface area contributed by atoms with E-state index in [1.165, 1.54) is 60.3 Å². The zero-order valence-corrected chi connectivity index (χ0v) is 20.2. The molecule has 10 nitrogen and oxygen atoms in total. The Morgan fingerprint density at radius 2 is 1.83 bits per heavy atom. The van der Waals surface area contributed by atoms with Gasteiger partial charge in [0.05, 0.1) is 24.5 Å². The first-order chi connectivity index (χ1) is 16.8. The summed E-state index contributed by atoms with van der Waals surface area (Å²) in [5, 5.41) is 3.92. The van der Waals surface area contributed by atoms with Crippen LogP contribution in [0, 0.1) is 0 Å². The number of carbonyl (C=O) groups is 2. The molecule has 0 unspecified atom stereocenters. The van der Waals surface area contributed by atoms with Crippen LogP contribution in [0.2, 0.25) is 0 Å². The molecule has 0 aliphatic heterocycles. The van der Waals surface area contributed by atoms with Crippen LogP contribution in [0.25, 0.3) is 0 Å². The third kappa shape index (κ3) is 6.14. The molecule has 11 heteroatoms. The van der Waals surface area contributed by atoms with Crippen LogP contribution in [0.4, 0.5) is 0 Å².